The largest absolute Gasteiger partial charge is 0.465 e. The highest BCUT2D eigenvalue weighted by Gasteiger charge is 2.28. The Morgan fingerprint density at radius 3 is 2.34 bits per heavy atom. The minimum Gasteiger partial charge on any atom is -0.465 e. The molecule has 0 aliphatic carbocycles. The van der Waals surface area contributed by atoms with Crippen LogP contribution in [0.2, 0.25) is 0 Å². The molecule has 0 bridgehead atoms. The Labute approximate surface area is 170 Å². The number of nitrogens with one attached hydrogen (secondary N) is 1. The first-order valence-electron chi connectivity index (χ1n) is 8.93. The highest BCUT2D eigenvalue weighted by Crippen LogP contribution is 2.34. The molecule has 1 aliphatic heterocycles. The van der Waals surface area contributed by atoms with Gasteiger partial charge in [-0.15, -0.1) is 0 Å². The summed E-state index contributed by atoms with van der Waals surface area (Å²) in [6, 6.07) is 11.5. The number of fused-ring (bicyclic) bond motifs is 1. The van der Waals surface area contributed by atoms with Crippen LogP contribution in [0.15, 0.2) is 58.5 Å². The van der Waals surface area contributed by atoms with Crippen molar-refractivity contribution in [2.24, 2.45) is 0 Å². The second kappa shape index (κ2) is 7.79. The lowest BCUT2D eigenvalue weighted by atomic mass is 9.87. The first-order valence-corrected chi connectivity index (χ1v) is 10.4. The summed E-state index contributed by atoms with van der Waals surface area (Å²) >= 11 is 0. The second-order valence-corrected chi connectivity index (χ2v) is 9.41. The van der Waals surface area contributed by atoms with Crippen LogP contribution in [-0.2, 0) is 24.8 Å². The van der Waals surface area contributed by atoms with E-state index in [-0.39, 0.29) is 17.1 Å². The Morgan fingerprint density at radius 2 is 1.72 bits per heavy atom. The third-order valence-corrected chi connectivity index (χ3v) is 6.21. The third kappa shape index (κ3) is 4.37. The molecule has 2 aromatic rings. The molecular formula is C21H23NO6S. The van der Waals surface area contributed by atoms with Gasteiger partial charge < -0.3 is 19.5 Å². The first kappa shape index (κ1) is 20.7. The molecule has 7 nitrogen and oxygen atoms in total. The summed E-state index contributed by atoms with van der Waals surface area (Å²) in [6.45, 7) is 6.23. The normalized spacial score (nSPS) is 13.9. The van der Waals surface area contributed by atoms with Crippen molar-refractivity contribution in [1.82, 2.24) is 0 Å². The molecule has 8 heteroatoms. The van der Waals surface area contributed by atoms with Crippen molar-refractivity contribution in [3.8, 4) is 11.5 Å². The quantitative estimate of drug-likeness (QED) is 0.587. The van der Waals surface area contributed by atoms with Gasteiger partial charge >= 0.3 is 5.97 Å². The van der Waals surface area contributed by atoms with Crippen LogP contribution in [0.4, 0.5) is 5.69 Å². The van der Waals surface area contributed by atoms with Crippen molar-refractivity contribution in [3.63, 3.8) is 0 Å². The average Bonchev–Trinajstić information content (AvgIpc) is 3.15. The number of sulfone groups is 1. The standard InChI is InChI=1S/C21H23NO6S/c1-21(2,3)14-5-8-16(9-6-14)29(24,25)19(20(23)26-4)12-22-15-7-10-17-18(11-15)28-13-27-17/h5-12,22H,13H2,1-4H3/b19-12-. The van der Waals surface area contributed by atoms with Crippen LogP contribution < -0.4 is 14.8 Å². The lowest BCUT2D eigenvalue weighted by molar-refractivity contribution is -0.135. The van der Waals surface area contributed by atoms with Gasteiger partial charge in [-0.3, -0.25) is 0 Å². The van der Waals surface area contributed by atoms with E-state index < -0.39 is 20.7 Å². The molecule has 0 unspecified atom stereocenters. The Hall–Kier alpha value is -3.00. The van der Waals surface area contributed by atoms with E-state index in [1.54, 1.807) is 30.3 Å². The molecule has 0 saturated heterocycles. The maximum absolute atomic E-state index is 13.0. The van der Waals surface area contributed by atoms with Crippen molar-refractivity contribution in [2.45, 2.75) is 31.1 Å². The van der Waals surface area contributed by atoms with Gasteiger partial charge in [0.1, 0.15) is 0 Å². The summed E-state index contributed by atoms with van der Waals surface area (Å²) in [5.41, 5.74) is 1.40. The van der Waals surface area contributed by atoms with Crippen molar-refractivity contribution in [3.05, 3.63) is 59.1 Å². The smallest absolute Gasteiger partial charge is 0.351 e. The second-order valence-electron chi connectivity index (χ2n) is 7.49. The molecule has 29 heavy (non-hydrogen) atoms. The number of benzene rings is 2. The molecule has 0 aromatic heterocycles. The molecule has 0 spiro atoms. The van der Waals surface area contributed by atoms with Gasteiger partial charge in [0.2, 0.25) is 16.6 Å². The summed E-state index contributed by atoms with van der Waals surface area (Å²) in [5, 5.41) is 2.82. The van der Waals surface area contributed by atoms with Gasteiger partial charge in [0, 0.05) is 18.0 Å². The van der Waals surface area contributed by atoms with E-state index in [1.165, 1.54) is 12.1 Å². The van der Waals surface area contributed by atoms with Crippen LogP contribution in [0.1, 0.15) is 26.3 Å². The maximum atomic E-state index is 13.0. The van der Waals surface area contributed by atoms with Crippen molar-refractivity contribution < 1.29 is 27.4 Å². The molecule has 0 fully saturated rings. The highest BCUT2D eigenvalue weighted by molar-refractivity contribution is 7.96. The van der Waals surface area contributed by atoms with Gasteiger partial charge in [-0.25, -0.2) is 13.2 Å². The van der Waals surface area contributed by atoms with E-state index in [4.69, 9.17) is 9.47 Å². The first-order chi connectivity index (χ1) is 13.6. The van der Waals surface area contributed by atoms with Crippen LogP contribution >= 0.6 is 0 Å². The molecule has 154 valence electrons. The van der Waals surface area contributed by atoms with E-state index in [2.05, 4.69) is 10.1 Å². The number of carbonyl (C=O) groups is 1. The Balaban J connectivity index is 1.93. The van der Waals surface area contributed by atoms with Gasteiger partial charge in [0.25, 0.3) is 0 Å². The number of esters is 1. The molecule has 2 aromatic carbocycles. The predicted octanol–water partition coefficient (Wildman–Crippen LogP) is 3.61. The highest BCUT2D eigenvalue weighted by atomic mass is 32.2. The zero-order valence-corrected chi connectivity index (χ0v) is 17.5. The number of hydrogen-bond acceptors (Lipinski definition) is 7. The summed E-state index contributed by atoms with van der Waals surface area (Å²) in [4.78, 5) is 11.7. The Morgan fingerprint density at radius 1 is 1.07 bits per heavy atom. The molecule has 0 atom stereocenters. The van der Waals surface area contributed by atoms with Crippen molar-refractivity contribution in [1.29, 1.82) is 0 Å². The number of carbonyl (C=O) groups excluding carboxylic acids is 1. The summed E-state index contributed by atoms with van der Waals surface area (Å²) in [6.07, 6.45) is 1.12. The number of rotatable bonds is 5. The van der Waals surface area contributed by atoms with E-state index in [1.807, 2.05) is 20.8 Å². The number of ether oxygens (including phenoxy) is 3. The number of hydrogen-bond donors (Lipinski definition) is 1. The maximum Gasteiger partial charge on any atom is 0.351 e. The van der Waals surface area contributed by atoms with Crippen LogP contribution in [0.5, 0.6) is 11.5 Å². The molecular weight excluding hydrogens is 394 g/mol. The molecule has 1 N–H and O–H groups in total. The topological polar surface area (TPSA) is 90.9 Å². The van der Waals surface area contributed by atoms with Crippen LogP contribution in [0, 0.1) is 0 Å². The fourth-order valence-corrected chi connectivity index (χ4v) is 4.01. The SMILES string of the molecule is COC(=O)/C(=C/Nc1ccc2c(c1)OCO2)S(=O)(=O)c1ccc(C(C)(C)C)cc1. The summed E-state index contributed by atoms with van der Waals surface area (Å²) in [5.74, 6) is 0.168. The van der Waals surface area contributed by atoms with Crippen LogP contribution in [-0.4, -0.2) is 28.3 Å². The van der Waals surface area contributed by atoms with Crippen LogP contribution in [0.25, 0.3) is 0 Å². The van der Waals surface area contributed by atoms with E-state index in [9.17, 15) is 13.2 Å². The minimum atomic E-state index is -4.09. The fourth-order valence-electron chi connectivity index (χ4n) is 2.74. The molecule has 0 amide bonds. The van der Waals surface area contributed by atoms with Crippen molar-refractivity contribution >= 4 is 21.5 Å². The predicted molar refractivity (Wildman–Crippen MR) is 109 cm³/mol. The molecule has 0 radical (unpaired) electrons. The Bertz CT molecular complexity index is 1050. The van der Waals surface area contributed by atoms with Gasteiger partial charge in [-0.05, 0) is 35.2 Å². The number of methoxy groups -OCH3 is 1. The van der Waals surface area contributed by atoms with Gasteiger partial charge in [0.05, 0.1) is 12.0 Å². The molecule has 1 aliphatic rings. The minimum absolute atomic E-state index is 0.00892. The zero-order chi connectivity index (χ0) is 21.2. The average molecular weight is 417 g/mol. The Kier molecular flexibility index (Phi) is 5.57. The molecule has 3 rings (SSSR count). The third-order valence-electron chi connectivity index (χ3n) is 4.45. The van der Waals surface area contributed by atoms with E-state index in [0.29, 0.717) is 17.2 Å². The van der Waals surface area contributed by atoms with Gasteiger partial charge in [0.15, 0.2) is 16.4 Å². The summed E-state index contributed by atoms with van der Waals surface area (Å²) in [7, 11) is -2.95. The fraction of sp³-hybridized carbons (Fsp3) is 0.286. The monoisotopic (exact) mass is 417 g/mol. The van der Waals surface area contributed by atoms with Gasteiger partial charge in [-0.2, -0.15) is 0 Å². The molecule has 0 saturated carbocycles. The van der Waals surface area contributed by atoms with Gasteiger partial charge in [-0.1, -0.05) is 32.9 Å². The number of anilines is 1. The van der Waals surface area contributed by atoms with E-state index in [0.717, 1.165) is 18.9 Å². The van der Waals surface area contributed by atoms with E-state index >= 15 is 0 Å². The lowest BCUT2D eigenvalue weighted by Crippen LogP contribution is -2.17. The van der Waals surface area contributed by atoms with Crippen molar-refractivity contribution in [2.75, 3.05) is 19.2 Å². The van der Waals surface area contributed by atoms with Crippen LogP contribution in [0.3, 0.4) is 0 Å². The molecule has 1 heterocycles. The lowest BCUT2D eigenvalue weighted by Gasteiger charge is -2.19. The summed E-state index contributed by atoms with van der Waals surface area (Å²) < 4.78 is 41.3. The zero-order valence-electron chi connectivity index (χ0n) is 16.7.